The van der Waals surface area contributed by atoms with Crippen LogP contribution in [0.1, 0.15) is 56.1 Å². The van der Waals surface area contributed by atoms with Crippen molar-refractivity contribution in [2.45, 2.75) is 58.0 Å². The van der Waals surface area contributed by atoms with E-state index in [0.717, 1.165) is 32.5 Å². The van der Waals surface area contributed by atoms with Crippen molar-refractivity contribution in [2.75, 3.05) is 26.2 Å². The third-order valence-corrected chi connectivity index (χ3v) is 5.28. The smallest absolute Gasteiger partial charge is 0.317 e. The van der Waals surface area contributed by atoms with Gasteiger partial charge in [0.2, 0.25) is 0 Å². The van der Waals surface area contributed by atoms with Gasteiger partial charge in [0.1, 0.15) is 0 Å². The number of hydrogen-bond donors (Lipinski definition) is 1. The predicted octanol–water partition coefficient (Wildman–Crippen LogP) is 3.76. The van der Waals surface area contributed by atoms with Crippen molar-refractivity contribution >= 4 is 6.03 Å². The fraction of sp³-hybridized carbons (Fsp3) is 0.650. The summed E-state index contributed by atoms with van der Waals surface area (Å²) in [6.07, 6.45) is 8.77. The molecule has 0 radical (unpaired) electrons. The zero-order valence-electron chi connectivity index (χ0n) is 14.8. The normalized spacial score (nSPS) is 19.8. The van der Waals surface area contributed by atoms with Gasteiger partial charge in [-0.05, 0) is 49.9 Å². The highest BCUT2D eigenvalue weighted by Gasteiger charge is 2.16. The Morgan fingerprint density at radius 1 is 0.833 bits per heavy atom. The maximum atomic E-state index is 12.4. The Bertz CT molecular complexity index is 517. The molecular formula is C20H31N3O. The molecule has 132 valence electrons. The second-order valence-electron chi connectivity index (χ2n) is 7.17. The van der Waals surface area contributed by atoms with Crippen LogP contribution in [-0.2, 0) is 13.1 Å². The number of amides is 2. The van der Waals surface area contributed by atoms with Crippen LogP contribution in [0.25, 0.3) is 0 Å². The molecule has 0 atom stereocenters. The van der Waals surface area contributed by atoms with Gasteiger partial charge in [-0.1, -0.05) is 43.5 Å². The predicted molar refractivity (Wildman–Crippen MR) is 97.8 cm³/mol. The fourth-order valence-electron chi connectivity index (χ4n) is 3.80. The average molecular weight is 329 g/mol. The quantitative estimate of drug-likeness (QED) is 0.913. The number of benzene rings is 1. The van der Waals surface area contributed by atoms with E-state index in [1.165, 1.54) is 56.3 Å². The lowest BCUT2D eigenvalue weighted by Crippen LogP contribution is -2.40. The number of likely N-dealkylation sites (tertiary alicyclic amines) is 2. The summed E-state index contributed by atoms with van der Waals surface area (Å²) in [6.45, 7) is 5.86. The standard InChI is InChI=1S/C20H31N3O/c24-20(23-14-8-1-2-9-15-23)21-16-18-10-4-5-11-19(18)17-22-12-6-3-7-13-22/h4-5,10-11H,1-3,6-9,12-17H2,(H,21,24). The second-order valence-corrected chi connectivity index (χ2v) is 7.17. The maximum Gasteiger partial charge on any atom is 0.317 e. The minimum atomic E-state index is 0.102. The summed E-state index contributed by atoms with van der Waals surface area (Å²) in [5.74, 6) is 0. The van der Waals surface area contributed by atoms with E-state index in [0.29, 0.717) is 6.54 Å². The molecule has 2 fully saturated rings. The number of piperidine rings is 1. The molecule has 0 unspecified atom stereocenters. The molecular weight excluding hydrogens is 298 g/mol. The molecule has 0 bridgehead atoms. The van der Waals surface area contributed by atoms with Crippen molar-refractivity contribution < 1.29 is 4.79 Å². The fourth-order valence-corrected chi connectivity index (χ4v) is 3.80. The van der Waals surface area contributed by atoms with Crippen molar-refractivity contribution in [1.82, 2.24) is 15.1 Å². The molecule has 1 N–H and O–H groups in total. The minimum Gasteiger partial charge on any atom is -0.334 e. The van der Waals surface area contributed by atoms with Crippen molar-refractivity contribution in [1.29, 1.82) is 0 Å². The molecule has 1 aromatic carbocycles. The van der Waals surface area contributed by atoms with Crippen LogP contribution in [-0.4, -0.2) is 42.0 Å². The van der Waals surface area contributed by atoms with Gasteiger partial charge < -0.3 is 10.2 Å². The number of carbonyl (C=O) groups is 1. The van der Waals surface area contributed by atoms with E-state index in [-0.39, 0.29) is 6.03 Å². The van der Waals surface area contributed by atoms with E-state index < -0.39 is 0 Å². The summed E-state index contributed by atoms with van der Waals surface area (Å²) in [4.78, 5) is 17.0. The first-order chi connectivity index (χ1) is 11.8. The Balaban J connectivity index is 1.55. The molecule has 3 rings (SSSR count). The van der Waals surface area contributed by atoms with Crippen LogP contribution in [0.2, 0.25) is 0 Å². The topological polar surface area (TPSA) is 35.6 Å². The highest BCUT2D eigenvalue weighted by molar-refractivity contribution is 5.74. The molecule has 2 aliphatic heterocycles. The minimum absolute atomic E-state index is 0.102. The number of carbonyl (C=O) groups excluding carboxylic acids is 1. The van der Waals surface area contributed by atoms with Gasteiger partial charge in [-0.15, -0.1) is 0 Å². The summed E-state index contributed by atoms with van der Waals surface area (Å²) in [6, 6.07) is 8.65. The SMILES string of the molecule is O=C(NCc1ccccc1CN1CCCCC1)N1CCCCCC1. The number of nitrogens with one attached hydrogen (secondary N) is 1. The van der Waals surface area contributed by atoms with E-state index in [9.17, 15) is 4.79 Å². The van der Waals surface area contributed by atoms with Crippen LogP contribution >= 0.6 is 0 Å². The van der Waals surface area contributed by atoms with Crippen LogP contribution in [0.4, 0.5) is 4.79 Å². The molecule has 0 aromatic heterocycles. The molecule has 2 heterocycles. The lowest BCUT2D eigenvalue weighted by Gasteiger charge is -2.27. The van der Waals surface area contributed by atoms with Crippen molar-refractivity contribution in [2.24, 2.45) is 0 Å². The summed E-state index contributed by atoms with van der Waals surface area (Å²) >= 11 is 0. The molecule has 0 saturated carbocycles. The summed E-state index contributed by atoms with van der Waals surface area (Å²) in [7, 11) is 0. The van der Waals surface area contributed by atoms with Crippen LogP contribution in [0.5, 0.6) is 0 Å². The maximum absolute atomic E-state index is 12.4. The van der Waals surface area contributed by atoms with Gasteiger partial charge in [0, 0.05) is 26.2 Å². The lowest BCUT2D eigenvalue weighted by atomic mass is 10.0. The zero-order valence-corrected chi connectivity index (χ0v) is 14.8. The van der Waals surface area contributed by atoms with Crippen LogP contribution in [0, 0.1) is 0 Å². The van der Waals surface area contributed by atoms with Gasteiger partial charge >= 0.3 is 6.03 Å². The number of hydrogen-bond acceptors (Lipinski definition) is 2. The van der Waals surface area contributed by atoms with E-state index >= 15 is 0 Å². The first-order valence-corrected chi connectivity index (χ1v) is 9.65. The highest BCUT2D eigenvalue weighted by Crippen LogP contribution is 2.16. The van der Waals surface area contributed by atoms with Gasteiger partial charge in [-0.3, -0.25) is 4.90 Å². The monoisotopic (exact) mass is 329 g/mol. The Labute approximate surface area is 146 Å². The van der Waals surface area contributed by atoms with Gasteiger partial charge in [0.25, 0.3) is 0 Å². The highest BCUT2D eigenvalue weighted by atomic mass is 16.2. The van der Waals surface area contributed by atoms with Crippen molar-refractivity contribution in [3.63, 3.8) is 0 Å². The van der Waals surface area contributed by atoms with E-state index in [1.807, 2.05) is 4.90 Å². The van der Waals surface area contributed by atoms with Crippen LogP contribution in [0.15, 0.2) is 24.3 Å². The van der Waals surface area contributed by atoms with E-state index in [4.69, 9.17) is 0 Å². The molecule has 2 aliphatic rings. The van der Waals surface area contributed by atoms with Crippen molar-refractivity contribution in [3.05, 3.63) is 35.4 Å². The molecule has 2 saturated heterocycles. The third kappa shape index (κ3) is 4.97. The zero-order chi connectivity index (χ0) is 16.6. The Kier molecular flexibility index (Phi) is 6.53. The van der Waals surface area contributed by atoms with E-state index in [1.54, 1.807) is 0 Å². The van der Waals surface area contributed by atoms with Crippen LogP contribution in [0.3, 0.4) is 0 Å². The summed E-state index contributed by atoms with van der Waals surface area (Å²) in [5.41, 5.74) is 2.61. The first kappa shape index (κ1) is 17.3. The van der Waals surface area contributed by atoms with Crippen LogP contribution < -0.4 is 5.32 Å². The molecule has 0 aliphatic carbocycles. The second kappa shape index (κ2) is 9.07. The van der Waals surface area contributed by atoms with Crippen molar-refractivity contribution in [3.8, 4) is 0 Å². The molecule has 4 heteroatoms. The van der Waals surface area contributed by atoms with E-state index in [2.05, 4.69) is 34.5 Å². The molecule has 2 amide bonds. The molecule has 24 heavy (non-hydrogen) atoms. The van der Waals surface area contributed by atoms with Gasteiger partial charge in [-0.25, -0.2) is 4.79 Å². The summed E-state index contributed by atoms with van der Waals surface area (Å²) in [5, 5.41) is 3.14. The Hall–Kier alpha value is -1.55. The molecule has 1 aromatic rings. The molecule has 4 nitrogen and oxygen atoms in total. The molecule has 0 spiro atoms. The number of urea groups is 1. The van der Waals surface area contributed by atoms with Gasteiger partial charge in [0.15, 0.2) is 0 Å². The summed E-state index contributed by atoms with van der Waals surface area (Å²) < 4.78 is 0. The Morgan fingerprint density at radius 3 is 2.12 bits per heavy atom. The largest absolute Gasteiger partial charge is 0.334 e. The Morgan fingerprint density at radius 2 is 1.42 bits per heavy atom. The lowest BCUT2D eigenvalue weighted by molar-refractivity contribution is 0.199. The third-order valence-electron chi connectivity index (χ3n) is 5.28. The average Bonchev–Trinajstić information content (AvgIpc) is 2.91. The first-order valence-electron chi connectivity index (χ1n) is 9.65. The van der Waals surface area contributed by atoms with Gasteiger partial charge in [-0.2, -0.15) is 0 Å². The number of rotatable bonds is 4. The van der Waals surface area contributed by atoms with Gasteiger partial charge in [0.05, 0.1) is 0 Å². The number of nitrogens with zero attached hydrogens (tertiary/aromatic N) is 2.